The first-order valence-electron chi connectivity index (χ1n) is 7.10. The van der Waals surface area contributed by atoms with Gasteiger partial charge in [-0.1, -0.05) is 0 Å². The molecule has 2 aliphatic rings. The number of amides is 1. The van der Waals surface area contributed by atoms with Crippen LogP contribution in [-0.4, -0.2) is 42.9 Å². The second-order valence-corrected chi connectivity index (χ2v) is 5.05. The van der Waals surface area contributed by atoms with Crippen LogP contribution >= 0.6 is 0 Å². The van der Waals surface area contributed by atoms with E-state index in [2.05, 4.69) is 0 Å². The first-order chi connectivity index (χ1) is 9.84. The Hall–Kier alpha value is -1.59. The maximum atomic E-state index is 12.3. The molecule has 3 rings (SSSR count). The van der Waals surface area contributed by atoms with Gasteiger partial charge in [0.25, 0.3) is 0 Å². The van der Waals surface area contributed by atoms with Gasteiger partial charge in [-0.2, -0.15) is 0 Å². The van der Waals surface area contributed by atoms with Gasteiger partial charge < -0.3 is 18.8 Å². The number of carbonyl (C=O) groups excluding carboxylic acids is 1. The molecular formula is C15H19NO4. The van der Waals surface area contributed by atoms with Gasteiger partial charge in [0.05, 0.1) is 25.5 Å². The predicted molar refractivity (Wildman–Crippen MR) is 72.8 cm³/mol. The van der Waals surface area contributed by atoms with Crippen molar-refractivity contribution in [3.63, 3.8) is 0 Å². The molecule has 0 bridgehead atoms. The summed E-state index contributed by atoms with van der Waals surface area (Å²) in [6.07, 6.45) is 7.66. The molecule has 1 amide bonds. The maximum Gasteiger partial charge on any atom is 0.247 e. The van der Waals surface area contributed by atoms with E-state index in [9.17, 15) is 4.79 Å². The Morgan fingerprint density at radius 3 is 2.90 bits per heavy atom. The van der Waals surface area contributed by atoms with Gasteiger partial charge in [0.1, 0.15) is 5.76 Å². The van der Waals surface area contributed by atoms with Crippen molar-refractivity contribution in [2.45, 2.75) is 31.6 Å². The van der Waals surface area contributed by atoms with Gasteiger partial charge in [0.2, 0.25) is 5.91 Å². The van der Waals surface area contributed by atoms with Gasteiger partial charge >= 0.3 is 0 Å². The molecular weight excluding hydrogens is 258 g/mol. The van der Waals surface area contributed by atoms with Crippen LogP contribution in [0.1, 0.15) is 25.0 Å². The smallest absolute Gasteiger partial charge is 0.247 e. The second-order valence-electron chi connectivity index (χ2n) is 5.05. The number of likely N-dealkylation sites (tertiary alicyclic amines) is 1. The van der Waals surface area contributed by atoms with Gasteiger partial charge in [0.15, 0.2) is 6.29 Å². The molecule has 5 nitrogen and oxygen atoms in total. The number of carbonyl (C=O) groups is 1. The van der Waals surface area contributed by atoms with Gasteiger partial charge in [-0.05, 0) is 37.5 Å². The molecule has 2 aliphatic heterocycles. The minimum Gasteiger partial charge on any atom is -0.465 e. The molecule has 1 aromatic heterocycles. The van der Waals surface area contributed by atoms with Crippen LogP contribution in [0.25, 0.3) is 6.08 Å². The Balaban J connectivity index is 1.67. The molecule has 20 heavy (non-hydrogen) atoms. The van der Waals surface area contributed by atoms with Crippen molar-refractivity contribution in [3.8, 4) is 0 Å². The van der Waals surface area contributed by atoms with Crippen molar-refractivity contribution in [1.82, 2.24) is 4.90 Å². The zero-order valence-electron chi connectivity index (χ0n) is 11.4. The number of hydrogen-bond donors (Lipinski definition) is 0. The molecule has 108 valence electrons. The summed E-state index contributed by atoms with van der Waals surface area (Å²) in [6, 6.07) is 3.65. The van der Waals surface area contributed by atoms with Crippen LogP contribution in [-0.2, 0) is 14.3 Å². The zero-order chi connectivity index (χ0) is 13.8. The topological polar surface area (TPSA) is 51.9 Å². The van der Waals surface area contributed by atoms with E-state index in [0.29, 0.717) is 19.0 Å². The molecule has 0 aliphatic carbocycles. The molecule has 0 spiro atoms. The SMILES string of the molecule is O=C(/C=C/c1ccco1)N1CCCCC1C1OCCO1. The first kappa shape index (κ1) is 13.4. The van der Waals surface area contributed by atoms with Crippen molar-refractivity contribution >= 4 is 12.0 Å². The van der Waals surface area contributed by atoms with Crippen LogP contribution in [0.4, 0.5) is 0 Å². The van der Waals surface area contributed by atoms with Crippen LogP contribution in [0.2, 0.25) is 0 Å². The maximum absolute atomic E-state index is 12.3. The molecule has 5 heteroatoms. The third-order valence-electron chi connectivity index (χ3n) is 3.73. The average Bonchev–Trinajstić information content (AvgIpc) is 3.18. The van der Waals surface area contributed by atoms with Crippen LogP contribution < -0.4 is 0 Å². The highest BCUT2D eigenvalue weighted by molar-refractivity contribution is 5.91. The first-order valence-corrected chi connectivity index (χ1v) is 7.10. The fourth-order valence-electron chi connectivity index (χ4n) is 2.75. The summed E-state index contributed by atoms with van der Waals surface area (Å²) in [5.41, 5.74) is 0. The summed E-state index contributed by atoms with van der Waals surface area (Å²) in [6.45, 7) is 1.99. The lowest BCUT2D eigenvalue weighted by Gasteiger charge is -2.37. The number of hydrogen-bond acceptors (Lipinski definition) is 4. The third-order valence-corrected chi connectivity index (χ3v) is 3.73. The van der Waals surface area contributed by atoms with E-state index >= 15 is 0 Å². The Labute approximate surface area is 118 Å². The Bertz CT molecular complexity index is 462. The zero-order valence-corrected chi connectivity index (χ0v) is 11.4. The lowest BCUT2D eigenvalue weighted by atomic mass is 10.0. The van der Waals surface area contributed by atoms with E-state index in [1.54, 1.807) is 24.5 Å². The van der Waals surface area contributed by atoms with Crippen molar-refractivity contribution < 1.29 is 18.7 Å². The lowest BCUT2D eigenvalue weighted by molar-refractivity contribution is -0.145. The Morgan fingerprint density at radius 1 is 1.30 bits per heavy atom. The van der Waals surface area contributed by atoms with E-state index in [-0.39, 0.29) is 18.2 Å². The van der Waals surface area contributed by atoms with Crippen LogP contribution in [0.5, 0.6) is 0 Å². The third kappa shape index (κ3) is 2.94. The number of rotatable bonds is 3. The van der Waals surface area contributed by atoms with Gasteiger partial charge in [-0.3, -0.25) is 4.79 Å². The largest absolute Gasteiger partial charge is 0.465 e. The van der Waals surface area contributed by atoms with Crippen LogP contribution in [0, 0.1) is 0 Å². The van der Waals surface area contributed by atoms with E-state index in [4.69, 9.17) is 13.9 Å². The summed E-state index contributed by atoms with van der Waals surface area (Å²) < 4.78 is 16.3. The van der Waals surface area contributed by atoms with Crippen molar-refractivity contribution in [1.29, 1.82) is 0 Å². The van der Waals surface area contributed by atoms with E-state index < -0.39 is 0 Å². The summed E-state index contributed by atoms with van der Waals surface area (Å²) in [7, 11) is 0. The molecule has 0 aromatic carbocycles. The van der Waals surface area contributed by atoms with Crippen LogP contribution in [0.15, 0.2) is 28.9 Å². The molecule has 1 unspecified atom stereocenters. The standard InChI is InChI=1S/C15H19NO4/c17-14(7-6-12-4-3-9-18-12)16-8-2-1-5-13(16)15-19-10-11-20-15/h3-4,6-7,9,13,15H,1-2,5,8,10-11H2/b7-6+. The highest BCUT2D eigenvalue weighted by Crippen LogP contribution is 2.24. The number of nitrogens with zero attached hydrogens (tertiary/aromatic N) is 1. The molecule has 2 fully saturated rings. The average molecular weight is 277 g/mol. The summed E-state index contributed by atoms with van der Waals surface area (Å²) in [5.74, 6) is 0.672. The predicted octanol–water partition coefficient (Wildman–Crippen LogP) is 2.05. The molecule has 1 aromatic rings. The monoisotopic (exact) mass is 277 g/mol. The van der Waals surface area contributed by atoms with Gasteiger partial charge in [-0.15, -0.1) is 0 Å². The molecule has 0 N–H and O–H groups in total. The minimum atomic E-state index is -0.267. The molecule has 3 heterocycles. The highest BCUT2D eigenvalue weighted by Gasteiger charge is 2.35. The molecule has 0 radical (unpaired) electrons. The van der Waals surface area contributed by atoms with Crippen LogP contribution in [0.3, 0.4) is 0 Å². The van der Waals surface area contributed by atoms with Crippen molar-refractivity contribution in [2.75, 3.05) is 19.8 Å². The molecule has 2 saturated heterocycles. The van der Waals surface area contributed by atoms with E-state index in [1.165, 1.54) is 0 Å². The Morgan fingerprint density at radius 2 is 2.15 bits per heavy atom. The minimum absolute atomic E-state index is 0.00907. The van der Waals surface area contributed by atoms with Crippen molar-refractivity contribution in [2.24, 2.45) is 0 Å². The number of ether oxygens (including phenoxy) is 2. The van der Waals surface area contributed by atoms with E-state index in [1.807, 2.05) is 11.0 Å². The fraction of sp³-hybridized carbons (Fsp3) is 0.533. The molecule has 0 saturated carbocycles. The summed E-state index contributed by atoms with van der Waals surface area (Å²) in [4.78, 5) is 14.2. The summed E-state index contributed by atoms with van der Waals surface area (Å²) >= 11 is 0. The van der Waals surface area contributed by atoms with Gasteiger partial charge in [0, 0.05) is 12.6 Å². The van der Waals surface area contributed by atoms with Gasteiger partial charge in [-0.25, -0.2) is 0 Å². The summed E-state index contributed by atoms with van der Waals surface area (Å²) in [5, 5.41) is 0. The highest BCUT2D eigenvalue weighted by atomic mass is 16.7. The fourth-order valence-corrected chi connectivity index (χ4v) is 2.75. The number of furan rings is 1. The quantitative estimate of drug-likeness (QED) is 0.793. The van der Waals surface area contributed by atoms with Crippen molar-refractivity contribution in [3.05, 3.63) is 30.2 Å². The lowest BCUT2D eigenvalue weighted by Crippen LogP contribution is -2.49. The van der Waals surface area contributed by atoms with E-state index in [0.717, 1.165) is 25.8 Å². The molecule has 1 atom stereocenters. The number of piperidine rings is 1. The normalized spacial score (nSPS) is 24.6. The Kier molecular flexibility index (Phi) is 4.18. The second kappa shape index (κ2) is 6.24.